The number of aliphatic hydroxyl groups is 1. The summed E-state index contributed by atoms with van der Waals surface area (Å²) in [4.78, 5) is 4.06. The standard InChI is InChI=1S/C11H19NO2Si/c1-11(13,15(3,4)5)9-8-12-7-6-10(9)14-2/h6-8,13H,1-5H3. The van der Waals surface area contributed by atoms with Crippen molar-refractivity contribution in [2.24, 2.45) is 0 Å². The van der Waals surface area contributed by atoms with E-state index in [2.05, 4.69) is 24.6 Å². The lowest BCUT2D eigenvalue weighted by Gasteiger charge is -2.36. The predicted molar refractivity (Wildman–Crippen MR) is 63.7 cm³/mol. The molecule has 1 aromatic heterocycles. The number of hydrogen-bond acceptors (Lipinski definition) is 3. The van der Waals surface area contributed by atoms with Gasteiger partial charge in [0.25, 0.3) is 0 Å². The van der Waals surface area contributed by atoms with Crippen LogP contribution >= 0.6 is 0 Å². The van der Waals surface area contributed by atoms with Gasteiger partial charge in [0.15, 0.2) is 0 Å². The van der Waals surface area contributed by atoms with Crippen molar-refractivity contribution in [3.05, 3.63) is 24.0 Å². The number of hydrogen-bond donors (Lipinski definition) is 1. The molecule has 0 aromatic carbocycles. The lowest BCUT2D eigenvalue weighted by atomic mass is 10.1. The highest BCUT2D eigenvalue weighted by Gasteiger charge is 2.40. The summed E-state index contributed by atoms with van der Waals surface area (Å²) in [5.41, 5.74) is 0.784. The zero-order chi connectivity index (χ0) is 11.7. The molecule has 1 heterocycles. The van der Waals surface area contributed by atoms with Gasteiger partial charge in [-0.1, -0.05) is 19.6 Å². The second-order valence-electron chi connectivity index (χ2n) is 4.90. The van der Waals surface area contributed by atoms with Gasteiger partial charge >= 0.3 is 0 Å². The van der Waals surface area contributed by atoms with Crippen molar-refractivity contribution in [2.45, 2.75) is 31.8 Å². The summed E-state index contributed by atoms with van der Waals surface area (Å²) in [6.07, 6.45) is 3.36. The minimum Gasteiger partial charge on any atom is -0.496 e. The van der Waals surface area contributed by atoms with Gasteiger partial charge in [0.1, 0.15) is 5.75 Å². The second kappa shape index (κ2) is 3.94. The number of nitrogens with zero attached hydrogens (tertiary/aromatic N) is 1. The van der Waals surface area contributed by atoms with Gasteiger partial charge in [0.2, 0.25) is 0 Å². The molecule has 0 saturated heterocycles. The smallest absolute Gasteiger partial charge is 0.127 e. The van der Waals surface area contributed by atoms with Crippen LogP contribution in [0.5, 0.6) is 5.75 Å². The van der Waals surface area contributed by atoms with Crippen LogP contribution in [-0.2, 0) is 5.22 Å². The van der Waals surface area contributed by atoms with Gasteiger partial charge in [-0.05, 0) is 13.0 Å². The van der Waals surface area contributed by atoms with Crippen LogP contribution in [0.4, 0.5) is 0 Å². The molecular weight excluding hydrogens is 206 g/mol. The Labute approximate surface area is 92.1 Å². The summed E-state index contributed by atoms with van der Waals surface area (Å²) >= 11 is 0. The Morgan fingerprint density at radius 2 is 2.00 bits per heavy atom. The second-order valence-corrected chi connectivity index (χ2v) is 10.4. The van der Waals surface area contributed by atoms with Gasteiger partial charge in [-0.15, -0.1) is 0 Å². The Kier molecular flexibility index (Phi) is 3.21. The average Bonchev–Trinajstić information content (AvgIpc) is 2.16. The van der Waals surface area contributed by atoms with Crippen molar-refractivity contribution in [3.8, 4) is 5.75 Å². The first kappa shape index (κ1) is 12.2. The molecule has 15 heavy (non-hydrogen) atoms. The van der Waals surface area contributed by atoms with E-state index in [1.165, 1.54) is 0 Å². The SMILES string of the molecule is COc1ccncc1C(C)(O)[Si](C)(C)C. The third-order valence-electron chi connectivity index (χ3n) is 2.99. The Bertz CT molecular complexity index is 345. The molecule has 1 rings (SSSR count). The summed E-state index contributed by atoms with van der Waals surface area (Å²) in [6, 6.07) is 1.78. The number of ether oxygens (including phenoxy) is 1. The highest BCUT2D eigenvalue weighted by atomic mass is 28.3. The topological polar surface area (TPSA) is 42.4 Å². The van der Waals surface area contributed by atoms with Crippen molar-refractivity contribution in [3.63, 3.8) is 0 Å². The number of aromatic nitrogens is 1. The van der Waals surface area contributed by atoms with Crippen LogP contribution in [-0.4, -0.2) is 25.3 Å². The zero-order valence-electron chi connectivity index (χ0n) is 10.0. The van der Waals surface area contributed by atoms with E-state index < -0.39 is 13.3 Å². The molecule has 3 nitrogen and oxygen atoms in total. The van der Waals surface area contributed by atoms with Gasteiger partial charge in [0.05, 0.1) is 20.4 Å². The van der Waals surface area contributed by atoms with Crippen molar-refractivity contribution in [1.29, 1.82) is 0 Å². The van der Waals surface area contributed by atoms with E-state index in [-0.39, 0.29) is 0 Å². The maximum atomic E-state index is 10.6. The van der Waals surface area contributed by atoms with Crippen LogP contribution in [0.3, 0.4) is 0 Å². The van der Waals surface area contributed by atoms with Crippen LogP contribution in [0.1, 0.15) is 12.5 Å². The largest absolute Gasteiger partial charge is 0.496 e. The highest BCUT2D eigenvalue weighted by Crippen LogP contribution is 2.35. The minimum absolute atomic E-state index is 0.706. The first-order valence-corrected chi connectivity index (χ1v) is 8.51. The van der Waals surface area contributed by atoms with Crippen LogP contribution in [0.25, 0.3) is 0 Å². The molecule has 1 aromatic rings. The molecule has 0 spiro atoms. The van der Waals surface area contributed by atoms with Crippen molar-refractivity contribution >= 4 is 8.07 Å². The van der Waals surface area contributed by atoms with E-state index >= 15 is 0 Å². The Morgan fingerprint density at radius 1 is 1.40 bits per heavy atom. The lowest BCUT2D eigenvalue weighted by molar-refractivity contribution is 0.132. The molecule has 0 saturated carbocycles. The van der Waals surface area contributed by atoms with Crippen LogP contribution < -0.4 is 4.74 Å². The Balaban J connectivity index is 3.26. The lowest BCUT2D eigenvalue weighted by Crippen LogP contribution is -2.47. The van der Waals surface area contributed by atoms with E-state index in [9.17, 15) is 5.11 Å². The summed E-state index contributed by atoms with van der Waals surface area (Å²) in [5, 5.41) is 9.75. The van der Waals surface area contributed by atoms with E-state index in [0.29, 0.717) is 5.75 Å². The van der Waals surface area contributed by atoms with E-state index in [4.69, 9.17) is 4.74 Å². The first-order valence-electron chi connectivity index (χ1n) is 5.01. The molecule has 1 atom stereocenters. The molecule has 0 aliphatic heterocycles. The minimum atomic E-state index is -1.74. The third-order valence-corrected chi connectivity index (χ3v) is 6.18. The molecule has 0 amide bonds. The van der Waals surface area contributed by atoms with E-state index in [1.54, 1.807) is 25.6 Å². The Morgan fingerprint density at radius 3 is 2.47 bits per heavy atom. The first-order chi connectivity index (χ1) is 6.80. The fraction of sp³-hybridized carbons (Fsp3) is 0.545. The average molecular weight is 225 g/mol. The number of pyridine rings is 1. The normalized spacial score (nSPS) is 15.9. The highest BCUT2D eigenvalue weighted by molar-refractivity contribution is 6.78. The van der Waals surface area contributed by atoms with Crippen molar-refractivity contribution < 1.29 is 9.84 Å². The van der Waals surface area contributed by atoms with Gasteiger partial charge in [-0.2, -0.15) is 0 Å². The van der Waals surface area contributed by atoms with Crippen LogP contribution in [0.2, 0.25) is 19.6 Å². The predicted octanol–water partition coefficient (Wildman–Crippen LogP) is 2.18. The van der Waals surface area contributed by atoms with Gasteiger partial charge in [0, 0.05) is 18.0 Å². The zero-order valence-corrected chi connectivity index (χ0v) is 11.0. The number of rotatable bonds is 3. The van der Waals surface area contributed by atoms with Crippen molar-refractivity contribution in [2.75, 3.05) is 7.11 Å². The molecule has 1 N–H and O–H groups in total. The molecule has 4 heteroatoms. The summed E-state index contributed by atoms with van der Waals surface area (Å²) in [6.45, 7) is 8.22. The Hall–Kier alpha value is -0.873. The van der Waals surface area contributed by atoms with Gasteiger partial charge < -0.3 is 9.84 Å². The molecule has 84 valence electrons. The number of methoxy groups -OCH3 is 1. The summed E-state index contributed by atoms with van der Waals surface area (Å²) in [7, 11) is -0.128. The molecule has 0 radical (unpaired) electrons. The quantitative estimate of drug-likeness (QED) is 0.802. The summed E-state index contributed by atoms with van der Waals surface area (Å²) in [5.74, 6) is 0.706. The maximum Gasteiger partial charge on any atom is 0.127 e. The summed E-state index contributed by atoms with van der Waals surface area (Å²) < 4.78 is 5.25. The van der Waals surface area contributed by atoms with E-state index in [0.717, 1.165) is 5.56 Å². The van der Waals surface area contributed by atoms with E-state index in [1.807, 2.05) is 6.92 Å². The van der Waals surface area contributed by atoms with Gasteiger partial charge in [-0.3, -0.25) is 4.98 Å². The van der Waals surface area contributed by atoms with Gasteiger partial charge in [-0.25, -0.2) is 0 Å². The third kappa shape index (κ3) is 2.21. The molecule has 1 unspecified atom stereocenters. The van der Waals surface area contributed by atoms with Crippen LogP contribution in [0.15, 0.2) is 18.5 Å². The van der Waals surface area contributed by atoms with Crippen LogP contribution in [0, 0.1) is 0 Å². The fourth-order valence-electron chi connectivity index (χ4n) is 1.33. The molecule has 0 aliphatic rings. The fourth-order valence-corrected chi connectivity index (χ4v) is 2.33. The van der Waals surface area contributed by atoms with Crippen molar-refractivity contribution in [1.82, 2.24) is 4.98 Å². The maximum absolute atomic E-state index is 10.6. The molecular formula is C11H19NO2Si. The molecule has 0 fully saturated rings. The molecule has 0 bridgehead atoms. The monoisotopic (exact) mass is 225 g/mol. The molecule has 0 aliphatic carbocycles.